The van der Waals surface area contributed by atoms with E-state index in [0.29, 0.717) is 17.0 Å². The molecule has 4 rings (SSSR count). The summed E-state index contributed by atoms with van der Waals surface area (Å²) in [5.74, 6) is 1.03. The number of quaternary nitrogens is 1. The molecule has 0 aliphatic carbocycles. The highest BCUT2D eigenvalue weighted by atomic mass is 35.5. The van der Waals surface area contributed by atoms with Crippen LogP contribution < -0.4 is 10.2 Å². The number of halogens is 1. The summed E-state index contributed by atoms with van der Waals surface area (Å²) in [6.07, 6.45) is 2.52. The highest BCUT2D eigenvalue weighted by molar-refractivity contribution is 6.30. The van der Waals surface area contributed by atoms with Crippen molar-refractivity contribution in [1.82, 2.24) is 5.32 Å². The maximum absolute atomic E-state index is 12.9. The second-order valence-corrected chi connectivity index (χ2v) is 7.62. The van der Waals surface area contributed by atoms with Crippen molar-refractivity contribution >= 4 is 17.5 Å². The van der Waals surface area contributed by atoms with E-state index < -0.39 is 0 Å². The Balaban J connectivity index is 1.71. The molecule has 1 aromatic rings. The van der Waals surface area contributed by atoms with Crippen molar-refractivity contribution in [3.63, 3.8) is 0 Å². The molecule has 120 valence electrons. The van der Waals surface area contributed by atoms with Crippen LogP contribution in [-0.2, 0) is 4.79 Å². The molecule has 0 spiro atoms. The van der Waals surface area contributed by atoms with Gasteiger partial charge in [-0.1, -0.05) is 37.6 Å². The number of hydrogen-bond donors (Lipinski definition) is 2. The van der Waals surface area contributed by atoms with E-state index in [2.05, 4.69) is 19.2 Å². The molecule has 0 aromatic heterocycles. The van der Waals surface area contributed by atoms with Crippen LogP contribution in [0.5, 0.6) is 0 Å². The third-order valence-electron chi connectivity index (χ3n) is 5.32. The summed E-state index contributed by atoms with van der Waals surface area (Å²) < 4.78 is 0. The number of hydrogen-bond acceptors (Lipinski definition) is 1. The van der Waals surface area contributed by atoms with Crippen molar-refractivity contribution in [2.24, 2.45) is 11.8 Å². The maximum atomic E-state index is 12.9. The third-order valence-corrected chi connectivity index (χ3v) is 5.57. The zero-order chi connectivity index (χ0) is 15.7. The molecule has 3 fully saturated rings. The Morgan fingerprint density at radius 3 is 2.36 bits per heavy atom. The zero-order valence-corrected chi connectivity index (χ0v) is 14.2. The molecule has 0 radical (unpaired) electrons. The fourth-order valence-electron chi connectivity index (χ4n) is 4.08. The number of piperidine rings is 3. The SMILES string of the molecule is CC(C)[C@H](C(=O)N[C@@H]1C[NH+]2CCC1CC2)c1ccc(Cl)cc1. The summed E-state index contributed by atoms with van der Waals surface area (Å²) >= 11 is 5.97. The normalized spacial score (nSPS) is 28.6. The number of fused-ring (bicyclic) bond motifs is 3. The Bertz CT molecular complexity index is 520. The number of nitrogens with one attached hydrogen (secondary N) is 2. The van der Waals surface area contributed by atoms with Crippen LogP contribution in [0.1, 0.15) is 38.2 Å². The van der Waals surface area contributed by atoms with Crippen LogP contribution in [0.4, 0.5) is 0 Å². The summed E-state index contributed by atoms with van der Waals surface area (Å²) in [7, 11) is 0. The quantitative estimate of drug-likeness (QED) is 0.872. The molecule has 2 N–H and O–H groups in total. The average molecular weight is 322 g/mol. The van der Waals surface area contributed by atoms with Crippen LogP contribution >= 0.6 is 11.6 Å². The molecule has 1 amide bonds. The second kappa shape index (κ2) is 6.59. The minimum Gasteiger partial charge on any atom is -0.347 e. The molecule has 1 aromatic carbocycles. The molecule has 0 unspecified atom stereocenters. The van der Waals surface area contributed by atoms with E-state index in [1.54, 1.807) is 4.90 Å². The first-order valence-electron chi connectivity index (χ1n) is 8.44. The van der Waals surface area contributed by atoms with Gasteiger partial charge in [-0.15, -0.1) is 0 Å². The number of amides is 1. The fourth-order valence-corrected chi connectivity index (χ4v) is 4.21. The van der Waals surface area contributed by atoms with Crippen molar-refractivity contribution < 1.29 is 9.69 Å². The van der Waals surface area contributed by atoms with E-state index in [9.17, 15) is 4.79 Å². The van der Waals surface area contributed by atoms with Gasteiger partial charge in [0, 0.05) is 17.9 Å². The van der Waals surface area contributed by atoms with Gasteiger partial charge in [-0.3, -0.25) is 4.79 Å². The standard InChI is InChI=1S/C18H25ClN2O/c1-12(2)17(14-3-5-15(19)6-4-14)18(22)20-16-11-21-9-7-13(16)8-10-21/h3-6,12-13,16-17H,7-11H2,1-2H3,(H,20,22)/p+1/t16-,17+/m1/s1. The number of carbonyl (C=O) groups is 1. The van der Waals surface area contributed by atoms with Gasteiger partial charge in [-0.05, 0) is 29.5 Å². The topological polar surface area (TPSA) is 33.5 Å². The summed E-state index contributed by atoms with van der Waals surface area (Å²) in [6, 6.07) is 8.07. The van der Waals surface area contributed by atoms with Crippen LogP contribution in [0.15, 0.2) is 24.3 Å². The van der Waals surface area contributed by atoms with Crippen molar-refractivity contribution in [3.05, 3.63) is 34.9 Å². The first-order valence-corrected chi connectivity index (χ1v) is 8.82. The van der Waals surface area contributed by atoms with Crippen molar-refractivity contribution in [3.8, 4) is 0 Å². The smallest absolute Gasteiger partial charge is 0.228 e. The van der Waals surface area contributed by atoms with Gasteiger partial charge in [0.2, 0.25) is 5.91 Å². The Kier molecular flexibility index (Phi) is 4.74. The Hall–Kier alpha value is -1.06. The molecular weight excluding hydrogens is 296 g/mol. The van der Waals surface area contributed by atoms with E-state index in [0.717, 1.165) is 12.1 Å². The third kappa shape index (κ3) is 3.31. The fraction of sp³-hybridized carbons (Fsp3) is 0.611. The predicted molar refractivity (Wildman–Crippen MR) is 89.2 cm³/mol. The lowest BCUT2D eigenvalue weighted by Gasteiger charge is -2.42. The maximum Gasteiger partial charge on any atom is 0.228 e. The molecule has 0 saturated carbocycles. The number of benzene rings is 1. The van der Waals surface area contributed by atoms with Crippen molar-refractivity contribution in [2.45, 2.75) is 38.6 Å². The van der Waals surface area contributed by atoms with E-state index >= 15 is 0 Å². The molecular formula is C18H26ClN2O+. The van der Waals surface area contributed by atoms with Gasteiger partial charge in [-0.25, -0.2) is 0 Å². The molecule has 3 heterocycles. The Labute approximate surface area is 138 Å². The first-order chi connectivity index (χ1) is 10.5. The lowest BCUT2D eigenvalue weighted by molar-refractivity contribution is -0.917. The monoisotopic (exact) mass is 321 g/mol. The van der Waals surface area contributed by atoms with Gasteiger partial charge in [0.25, 0.3) is 0 Å². The molecule has 3 aliphatic heterocycles. The van der Waals surface area contributed by atoms with Gasteiger partial charge >= 0.3 is 0 Å². The van der Waals surface area contributed by atoms with Crippen molar-refractivity contribution in [1.29, 1.82) is 0 Å². The number of carbonyl (C=O) groups excluding carboxylic acids is 1. The highest BCUT2D eigenvalue weighted by Crippen LogP contribution is 2.27. The Morgan fingerprint density at radius 2 is 1.86 bits per heavy atom. The van der Waals surface area contributed by atoms with Gasteiger partial charge in [0.1, 0.15) is 0 Å². The van der Waals surface area contributed by atoms with E-state index in [1.807, 2.05) is 24.3 Å². The largest absolute Gasteiger partial charge is 0.347 e. The lowest BCUT2D eigenvalue weighted by atomic mass is 9.82. The first kappa shape index (κ1) is 15.8. The summed E-state index contributed by atoms with van der Waals surface area (Å²) in [5, 5.41) is 4.07. The zero-order valence-electron chi connectivity index (χ0n) is 13.4. The summed E-state index contributed by atoms with van der Waals surface area (Å²) in [5.41, 5.74) is 1.06. The minimum absolute atomic E-state index is 0.0947. The second-order valence-electron chi connectivity index (χ2n) is 7.18. The molecule has 3 nitrogen and oxygen atoms in total. The van der Waals surface area contributed by atoms with Gasteiger partial charge < -0.3 is 10.2 Å². The summed E-state index contributed by atoms with van der Waals surface area (Å²) in [4.78, 5) is 14.5. The van der Waals surface area contributed by atoms with Gasteiger partial charge in [0.05, 0.1) is 31.6 Å². The summed E-state index contributed by atoms with van der Waals surface area (Å²) in [6.45, 7) is 7.88. The molecule has 22 heavy (non-hydrogen) atoms. The van der Waals surface area contributed by atoms with Crippen LogP contribution in [0.25, 0.3) is 0 Å². The minimum atomic E-state index is -0.0947. The van der Waals surface area contributed by atoms with E-state index in [-0.39, 0.29) is 17.7 Å². The van der Waals surface area contributed by atoms with Crippen LogP contribution in [0.2, 0.25) is 5.02 Å². The lowest BCUT2D eigenvalue weighted by Crippen LogP contribution is -3.17. The van der Waals surface area contributed by atoms with Crippen LogP contribution in [0, 0.1) is 11.8 Å². The van der Waals surface area contributed by atoms with Crippen molar-refractivity contribution in [2.75, 3.05) is 19.6 Å². The molecule has 4 heteroatoms. The van der Waals surface area contributed by atoms with Crippen LogP contribution in [-0.4, -0.2) is 31.6 Å². The molecule has 2 atom stereocenters. The van der Waals surface area contributed by atoms with E-state index in [1.165, 1.54) is 25.9 Å². The molecule has 3 aliphatic rings. The number of rotatable bonds is 4. The van der Waals surface area contributed by atoms with E-state index in [4.69, 9.17) is 11.6 Å². The Morgan fingerprint density at radius 1 is 1.23 bits per heavy atom. The highest BCUT2D eigenvalue weighted by Gasteiger charge is 2.39. The van der Waals surface area contributed by atoms with Crippen LogP contribution in [0.3, 0.4) is 0 Å². The predicted octanol–water partition coefficient (Wildman–Crippen LogP) is 1.87. The van der Waals surface area contributed by atoms with Gasteiger partial charge in [0.15, 0.2) is 0 Å². The average Bonchev–Trinajstić information content (AvgIpc) is 2.50. The van der Waals surface area contributed by atoms with Gasteiger partial charge in [-0.2, -0.15) is 0 Å². The molecule has 2 bridgehead atoms. The molecule has 3 saturated heterocycles.